The van der Waals surface area contributed by atoms with Crippen LogP contribution in [-0.2, 0) is 4.79 Å². The number of amides is 2. The van der Waals surface area contributed by atoms with Crippen LogP contribution in [0.3, 0.4) is 0 Å². The molecule has 24 heavy (non-hydrogen) atoms. The number of nitrogens with zero attached hydrogens (tertiary/aromatic N) is 1. The van der Waals surface area contributed by atoms with Gasteiger partial charge in [0.1, 0.15) is 5.75 Å². The molecule has 1 aliphatic rings. The molecule has 0 bridgehead atoms. The summed E-state index contributed by atoms with van der Waals surface area (Å²) in [7, 11) is 0. The van der Waals surface area contributed by atoms with E-state index in [1.807, 2.05) is 0 Å². The molecule has 0 unspecified atom stereocenters. The number of anilines is 1. The summed E-state index contributed by atoms with van der Waals surface area (Å²) in [5.74, 6) is -0.445. The SMILES string of the molecule is O=C1S/C(=C\c2cc(Br)cc(Br)c2O)C(=O)N1c1ccc(Cl)cc1. The number of phenolic OH excluding ortho intramolecular Hbond substituents is 1. The van der Waals surface area contributed by atoms with Crippen molar-refractivity contribution in [2.24, 2.45) is 0 Å². The molecule has 0 saturated carbocycles. The molecule has 4 nitrogen and oxygen atoms in total. The average Bonchev–Trinajstić information content (AvgIpc) is 2.80. The third-order valence-corrected chi connectivity index (χ3v) is 5.41. The van der Waals surface area contributed by atoms with E-state index in [-0.39, 0.29) is 10.7 Å². The lowest BCUT2D eigenvalue weighted by Gasteiger charge is -2.12. The van der Waals surface area contributed by atoms with Crippen molar-refractivity contribution in [3.63, 3.8) is 0 Å². The van der Waals surface area contributed by atoms with E-state index in [1.165, 1.54) is 6.08 Å². The molecule has 1 aliphatic heterocycles. The third-order valence-electron chi connectivity index (χ3n) is 3.22. The summed E-state index contributed by atoms with van der Waals surface area (Å²) in [4.78, 5) is 26.1. The number of halogens is 3. The van der Waals surface area contributed by atoms with Crippen molar-refractivity contribution in [3.05, 3.63) is 60.8 Å². The average molecular weight is 490 g/mol. The Morgan fingerprint density at radius 3 is 2.46 bits per heavy atom. The number of rotatable bonds is 2. The van der Waals surface area contributed by atoms with E-state index in [1.54, 1.807) is 36.4 Å². The second-order valence-corrected chi connectivity index (χ2v) is 8.02. The minimum Gasteiger partial charge on any atom is -0.506 e. The molecule has 1 fully saturated rings. The van der Waals surface area contributed by atoms with Crippen LogP contribution in [-0.4, -0.2) is 16.3 Å². The second kappa shape index (κ2) is 6.92. The van der Waals surface area contributed by atoms with Crippen LogP contribution in [0.1, 0.15) is 5.56 Å². The van der Waals surface area contributed by atoms with Crippen LogP contribution in [0.15, 0.2) is 50.2 Å². The molecule has 0 aromatic heterocycles. The smallest absolute Gasteiger partial charge is 0.298 e. The number of imide groups is 1. The van der Waals surface area contributed by atoms with Crippen molar-refractivity contribution in [3.8, 4) is 5.75 Å². The largest absolute Gasteiger partial charge is 0.506 e. The lowest BCUT2D eigenvalue weighted by atomic mass is 10.2. The Bertz CT molecular complexity index is 884. The number of phenols is 1. The highest BCUT2D eigenvalue weighted by atomic mass is 79.9. The van der Waals surface area contributed by atoms with Gasteiger partial charge in [-0.2, -0.15) is 0 Å². The first-order valence-corrected chi connectivity index (χ1v) is 9.36. The highest BCUT2D eigenvalue weighted by Crippen LogP contribution is 2.39. The van der Waals surface area contributed by atoms with E-state index in [2.05, 4.69) is 31.9 Å². The Balaban J connectivity index is 1.98. The number of carbonyl (C=O) groups is 2. The van der Waals surface area contributed by atoms with Crippen molar-refractivity contribution >= 4 is 78.1 Å². The standard InChI is InChI=1S/C16H8Br2ClNO3S/c17-9-5-8(14(21)12(18)7-9)6-13-15(22)20(16(23)24-13)11-3-1-10(19)2-4-11/h1-7,21H/b13-6-. The molecule has 0 aliphatic carbocycles. The zero-order valence-corrected chi connectivity index (χ0v) is 16.5. The molecule has 1 saturated heterocycles. The first-order chi connectivity index (χ1) is 11.4. The minimum atomic E-state index is -0.442. The van der Waals surface area contributed by atoms with Gasteiger partial charge >= 0.3 is 0 Å². The van der Waals surface area contributed by atoms with Gasteiger partial charge in [-0.15, -0.1) is 0 Å². The Morgan fingerprint density at radius 1 is 1.12 bits per heavy atom. The molecule has 1 heterocycles. The number of aromatic hydroxyl groups is 1. The fourth-order valence-corrected chi connectivity index (χ4v) is 4.33. The second-order valence-electron chi connectivity index (χ2n) is 4.82. The predicted octanol–water partition coefficient (Wildman–Crippen LogP) is 5.81. The first kappa shape index (κ1) is 17.5. The molecule has 0 radical (unpaired) electrons. The summed E-state index contributed by atoms with van der Waals surface area (Å²) in [6, 6.07) is 9.79. The van der Waals surface area contributed by atoms with Crippen molar-refractivity contribution in [1.29, 1.82) is 0 Å². The number of thioether (sulfide) groups is 1. The number of benzene rings is 2. The molecule has 1 N–H and O–H groups in total. The molecule has 2 aromatic carbocycles. The minimum absolute atomic E-state index is 0.00325. The Morgan fingerprint density at radius 2 is 1.79 bits per heavy atom. The first-order valence-electron chi connectivity index (χ1n) is 6.58. The maximum absolute atomic E-state index is 12.6. The van der Waals surface area contributed by atoms with Gasteiger partial charge in [-0.1, -0.05) is 27.5 Å². The van der Waals surface area contributed by atoms with E-state index in [0.29, 0.717) is 20.7 Å². The molecular formula is C16H8Br2ClNO3S. The number of carbonyl (C=O) groups excluding carboxylic acids is 2. The number of hydrogen-bond acceptors (Lipinski definition) is 4. The zero-order valence-electron chi connectivity index (χ0n) is 11.8. The Hall–Kier alpha value is -1.28. The van der Waals surface area contributed by atoms with E-state index >= 15 is 0 Å². The monoisotopic (exact) mass is 487 g/mol. The van der Waals surface area contributed by atoms with Crippen molar-refractivity contribution in [1.82, 2.24) is 0 Å². The van der Waals surface area contributed by atoms with Gasteiger partial charge < -0.3 is 5.11 Å². The van der Waals surface area contributed by atoms with Crippen LogP contribution < -0.4 is 4.90 Å². The van der Waals surface area contributed by atoms with Gasteiger partial charge in [-0.3, -0.25) is 9.59 Å². The maximum Gasteiger partial charge on any atom is 0.298 e. The third kappa shape index (κ3) is 3.39. The van der Waals surface area contributed by atoms with Gasteiger partial charge in [0.15, 0.2) is 0 Å². The van der Waals surface area contributed by atoms with Gasteiger partial charge in [0, 0.05) is 15.1 Å². The topological polar surface area (TPSA) is 57.6 Å². The van der Waals surface area contributed by atoms with Crippen molar-refractivity contribution < 1.29 is 14.7 Å². The van der Waals surface area contributed by atoms with Gasteiger partial charge in [0.2, 0.25) is 0 Å². The Labute approximate surface area is 163 Å². The van der Waals surface area contributed by atoms with Gasteiger partial charge in [0.05, 0.1) is 15.1 Å². The molecule has 3 rings (SSSR count). The van der Waals surface area contributed by atoms with Crippen molar-refractivity contribution in [2.75, 3.05) is 4.90 Å². The van der Waals surface area contributed by atoms with Crippen LogP contribution in [0.2, 0.25) is 5.02 Å². The van der Waals surface area contributed by atoms with Crippen LogP contribution >= 0.6 is 55.2 Å². The summed E-state index contributed by atoms with van der Waals surface area (Å²) >= 11 is 13.2. The van der Waals surface area contributed by atoms with Gasteiger partial charge in [-0.05, 0) is 70.2 Å². The lowest BCUT2D eigenvalue weighted by molar-refractivity contribution is -0.113. The van der Waals surface area contributed by atoms with Gasteiger partial charge in [0.25, 0.3) is 11.1 Å². The van der Waals surface area contributed by atoms with Crippen molar-refractivity contribution in [2.45, 2.75) is 0 Å². The van der Waals surface area contributed by atoms with Crippen LogP contribution in [0, 0.1) is 0 Å². The number of hydrogen-bond donors (Lipinski definition) is 1. The highest BCUT2D eigenvalue weighted by molar-refractivity contribution is 9.11. The van der Waals surface area contributed by atoms with E-state index in [9.17, 15) is 14.7 Å². The van der Waals surface area contributed by atoms with Crippen LogP contribution in [0.5, 0.6) is 5.75 Å². The summed E-state index contributed by atoms with van der Waals surface area (Å²) in [5.41, 5.74) is 0.878. The summed E-state index contributed by atoms with van der Waals surface area (Å²) in [5, 5.41) is 10.2. The molecule has 2 aromatic rings. The normalized spacial score (nSPS) is 16.3. The van der Waals surface area contributed by atoms with E-state index in [0.717, 1.165) is 21.1 Å². The summed E-state index contributed by atoms with van der Waals surface area (Å²) in [6.07, 6.45) is 1.49. The fourth-order valence-electron chi connectivity index (χ4n) is 2.12. The summed E-state index contributed by atoms with van der Waals surface area (Å²) < 4.78 is 1.22. The molecule has 122 valence electrons. The van der Waals surface area contributed by atoms with E-state index < -0.39 is 11.1 Å². The quantitative estimate of drug-likeness (QED) is 0.541. The molecular weight excluding hydrogens is 482 g/mol. The van der Waals surface area contributed by atoms with E-state index in [4.69, 9.17) is 11.6 Å². The molecule has 8 heteroatoms. The Kier molecular flexibility index (Phi) is 5.05. The fraction of sp³-hybridized carbons (Fsp3) is 0. The molecule has 0 spiro atoms. The van der Waals surface area contributed by atoms with Crippen LogP contribution in [0.25, 0.3) is 6.08 Å². The van der Waals surface area contributed by atoms with Crippen LogP contribution in [0.4, 0.5) is 10.5 Å². The maximum atomic E-state index is 12.6. The predicted molar refractivity (Wildman–Crippen MR) is 103 cm³/mol. The molecule has 2 amide bonds. The molecule has 0 atom stereocenters. The summed E-state index contributed by atoms with van der Waals surface area (Å²) in [6.45, 7) is 0. The highest BCUT2D eigenvalue weighted by Gasteiger charge is 2.36. The zero-order chi connectivity index (χ0) is 17.4. The lowest BCUT2D eigenvalue weighted by Crippen LogP contribution is -2.27. The van der Waals surface area contributed by atoms with Gasteiger partial charge in [-0.25, -0.2) is 4.90 Å².